The number of hydrogen-bond acceptors (Lipinski definition) is 4. The third kappa shape index (κ3) is 3.67. The Hall–Kier alpha value is -2.75. The first-order valence-corrected chi connectivity index (χ1v) is 7.35. The Balaban J connectivity index is 1.70. The van der Waals surface area contributed by atoms with Gasteiger partial charge in [-0.2, -0.15) is 0 Å². The van der Waals surface area contributed by atoms with Gasteiger partial charge in [-0.15, -0.1) is 0 Å². The number of hydrogen-bond donors (Lipinski definition) is 1. The summed E-state index contributed by atoms with van der Waals surface area (Å²) in [4.78, 5) is 13.2. The number of nitrogens with one attached hydrogen (secondary N) is 1. The van der Waals surface area contributed by atoms with Crippen molar-refractivity contribution in [2.24, 2.45) is 0 Å². The molecule has 0 bridgehead atoms. The topological polar surface area (TPSA) is 50.7 Å². The highest BCUT2D eigenvalue weighted by Crippen LogP contribution is 2.16. The molecule has 0 saturated heterocycles. The summed E-state index contributed by atoms with van der Waals surface area (Å²) >= 11 is 0. The molecule has 0 aliphatic rings. The molecule has 4 nitrogen and oxygen atoms in total. The molecule has 1 aromatic carbocycles. The van der Waals surface area contributed by atoms with E-state index in [4.69, 9.17) is 0 Å². The van der Waals surface area contributed by atoms with Crippen LogP contribution in [-0.4, -0.2) is 21.5 Å². The van der Waals surface area contributed by atoms with Crippen LogP contribution in [0.5, 0.6) is 0 Å². The molecule has 110 valence electrons. The standard InChI is InChI=1S/C18H18N4/c1-14-12-17(20-11-9-15-6-3-2-4-7-15)22-18(21-14)16-8-5-10-19-13-16/h2-8,10,12-13H,9,11H2,1H3,(H,20,21,22). The Labute approximate surface area is 130 Å². The van der Waals surface area contributed by atoms with Crippen LogP contribution in [0.1, 0.15) is 11.3 Å². The minimum atomic E-state index is 0.704. The summed E-state index contributed by atoms with van der Waals surface area (Å²) in [6, 6.07) is 16.2. The smallest absolute Gasteiger partial charge is 0.163 e. The quantitative estimate of drug-likeness (QED) is 0.781. The van der Waals surface area contributed by atoms with E-state index in [0.717, 1.165) is 30.0 Å². The van der Waals surface area contributed by atoms with E-state index in [9.17, 15) is 0 Å². The van der Waals surface area contributed by atoms with E-state index < -0.39 is 0 Å². The van der Waals surface area contributed by atoms with Crippen molar-refractivity contribution in [1.82, 2.24) is 15.0 Å². The van der Waals surface area contributed by atoms with Crippen molar-refractivity contribution in [3.8, 4) is 11.4 Å². The van der Waals surface area contributed by atoms with Crippen molar-refractivity contribution in [3.63, 3.8) is 0 Å². The van der Waals surface area contributed by atoms with Gasteiger partial charge in [0, 0.05) is 36.3 Å². The van der Waals surface area contributed by atoms with Crippen LogP contribution in [0.3, 0.4) is 0 Å². The van der Waals surface area contributed by atoms with Crippen LogP contribution in [0.2, 0.25) is 0 Å². The summed E-state index contributed by atoms with van der Waals surface area (Å²) in [6.45, 7) is 2.82. The average molecular weight is 290 g/mol. The van der Waals surface area contributed by atoms with E-state index in [-0.39, 0.29) is 0 Å². The lowest BCUT2D eigenvalue weighted by Crippen LogP contribution is -2.07. The predicted molar refractivity (Wildman–Crippen MR) is 88.6 cm³/mol. The molecule has 0 atom stereocenters. The van der Waals surface area contributed by atoms with Crippen LogP contribution in [0, 0.1) is 6.92 Å². The van der Waals surface area contributed by atoms with Gasteiger partial charge in [0.2, 0.25) is 0 Å². The van der Waals surface area contributed by atoms with Gasteiger partial charge < -0.3 is 5.32 Å². The molecule has 0 fully saturated rings. The SMILES string of the molecule is Cc1cc(NCCc2ccccc2)nc(-c2cccnc2)n1. The first-order chi connectivity index (χ1) is 10.8. The highest BCUT2D eigenvalue weighted by molar-refractivity contribution is 5.56. The monoisotopic (exact) mass is 290 g/mol. The molecule has 2 heterocycles. The van der Waals surface area contributed by atoms with Gasteiger partial charge in [0.15, 0.2) is 5.82 Å². The number of rotatable bonds is 5. The third-order valence-electron chi connectivity index (χ3n) is 3.34. The maximum absolute atomic E-state index is 4.57. The number of aryl methyl sites for hydroxylation is 1. The summed E-state index contributed by atoms with van der Waals surface area (Å²) in [6.07, 6.45) is 4.49. The number of nitrogens with zero attached hydrogens (tertiary/aromatic N) is 3. The van der Waals surface area contributed by atoms with E-state index in [2.05, 4.69) is 44.5 Å². The van der Waals surface area contributed by atoms with Crippen LogP contribution in [0.15, 0.2) is 60.9 Å². The molecule has 0 saturated carbocycles. The first-order valence-electron chi connectivity index (χ1n) is 7.35. The zero-order valence-electron chi connectivity index (χ0n) is 12.5. The zero-order valence-corrected chi connectivity index (χ0v) is 12.5. The zero-order chi connectivity index (χ0) is 15.2. The highest BCUT2D eigenvalue weighted by Gasteiger charge is 2.04. The van der Waals surface area contributed by atoms with Crippen LogP contribution in [-0.2, 0) is 6.42 Å². The van der Waals surface area contributed by atoms with Crippen LogP contribution < -0.4 is 5.32 Å². The Morgan fingerprint density at radius 1 is 1.00 bits per heavy atom. The van der Waals surface area contributed by atoms with E-state index in [1.54, 1.807) is 12.4 Å². The van der Waals surface area contributed by atoms with E-state index in [1.807, 2.05) is 31.2 Å². The van der Waals surface area contributed by atoms with Gasteiger partial charge >= 0.3 is 0 Å². The summed E-state index contributed by atoms with van der Waals surface area (Å²) in [7, 11) is 0. The van der Waals surface area contributed by atoms with Crippen LogP contribution in [0.25, 0.3) is 11.4 Å². The van der Waals surface area contributed by atoms with E-state index in [0.29, 0.717) is 5.82 Å². The van der Waals surface area contributed by atoms with E-state index in [1.165, 1.54) is 5.56 Å². The molecule has 0 aliphatic heterocycles. The van der Waals surface area contributed by atoms with E-state index >= 15 is 0 Å². The Bertz CT molecular complexity index is 727. The fourth-order valence-corrected chi connectivity index (χ4v) is 2.26. The molecule has 0 spiro atoms. The van der Waals surface area contributed by atoms with Crippen LogP contribution >= 0.6 is 0 Å². The normalized spacial score (nSPS) is 10.4. The maximum Gasteiger partial charge on any atom is 0.163 e. The van der Waals surface area contributed by atoms with Crippen molar-refractivity contribution in [2.75, 3.05) is 11.9 Å². The third-order valence-corrected chi connectivity index (χ3v) is 3.34. The largest absolute Gasteiger partial charge is 0.370 e. The number of pyridine rings is 1. The molecule has 0 amide bonds. The maximum atomic E-state index is 4.57. The van der Waals surface area contributed by atoms with Crippen molar-refractivity contribution in [3.05, 3.63) is 72.2 Å². The predicted octanol–water partition coefficient (Wildman–Crippen LogP) is 3.50. The summed E-state index contributed by atoms with van der Waals surface area (Å²) in [5.41, 5.74) is 3.18. The number of aromatic nitrogens is 3. The molecule has 0 aliphatic carbocycles. The molecular formula is C18H18N4. The summed E-state index contributed by atoms with van der Waals surface area (Å²) in [5, 5.41) is 3.37. The fourth-order valence-electron chi connectivity index (χ4n) is 2.26. The lowest BCUT2D eigenvalue weighted by molar-refractivity contribution is 0.995. The lowest BCUT2D eigenvalue weighted by Gasteiger charge is -2.08. The van der Waals surface area contributed by atoms with Crippen molar-refractivity contribution in [1.29, 1.82) is 0 Å². The molecule has 3 aromatic rings. The second-order valence-corrected chi connectivity index (χ2v) is 5.12. The van der Waals surface area contributed by atoms with Gasteiger partial charge in [0.05, 0.1) is 0 Å². The second kappa shape index (κ2) is 6.80. The molecule has 1 N–H and O–H groups in total. The molecule has 0 radical (unpaired) electrons. The Morgan fingerprint density at radius 3 is 2.64 bits per heavy atom. The van der Waals surface area contributed by atoms with Gasteiger partial charge in [-0.05, 0) is 31.0 Å². The van der Waals surface area contributed by atoms with Crippen molar-refractivity contribution in [2.45, 2.75) is 13.3 Å². The van der Waals surface area contributed by atoms with Crippen molar-refractivity contribution >= 4 is 5.82 Å². The molecule has 0 unspecified atom stereocenters. The Morgan fingerprint density at radius 2 is 1.86 bits per heavy atom. The average Bonchev–Trinajstić information content (AvgIpc) is 2.56. The lowest BCUT2D eigenvalue weighted by atomic mass is 10.1. The molecule has 3 rings (SSSR count). The molecular weight excluding hydrogens is 272 g/mol. The molecule has 4 heteroatoms. The van der Waals surface area contributed by atoms with Crippen molar-refractivity contribution < 1.29 is 0 Å². The summed E-state index contributed by atoms with van der Waals surface area (Å²) < 4.78 is 0. The van der Waals surface area contributed by atoms with Gasteiger partial charge in [-0.3, -0.25) is 4.98 Å². The minimum absolute atomic E-state index is 0.704. The fraction of sp³-hybridized carbons (Fsp3) is 0.167. The minimum Gasteiger partial charge on any atom is -0.370 e. The number of benzene rings is 1. The van der Waals surface area contributed by atoms with Gasteiger partial charge in [-0.25, -0.2) is 9.97 Å². The van der Waals surface area contributed by atoms with Gasteiger partial charge in [0.1, 0.15) is 5.82 Å². The summed E-state index contributed by atoms with van der Waals surface area (Å²) in [5.74, 6) is 1.55. The van der Waals surface area contributed by atoms with Crippen LogP contribution in [0.4, 0.5) is 5.82 Å². The molecule has 22 heavy (non-hydrogen) atoms. The number of anilines is 1. The van der Waals surface area contributed by atoms with Gasteiger partial charge in [0.25, 0.3) is 0 Å². The highest BCUT2D eigenvalue weighted by atomic mass is 15.0. The van der Waals surface area contributed by atoms with Gasteiger partial charge in [-0.1, -0.05) is 30.3 Å². The first kappa shape index (κ1) is 14.2. The Kier molecular flexibility index (Phi) is 4.39. The second-order valence-electron chi connectivity index (χ2n) is 5.12. The molecule has 2 aromatic heterocycles.